The van der Waals surface area contributed by atoms with Crippen molar-refractivity contribution in [3.8, 4) is 12.1 Å². The van der Waals surface area contributed by atoms with Crippen molar-refractivity contribution in [3.05, 3.63) is 46.5 Å². The van der Waals surface area contributed by atoms with Gasteiger partial charge in [-0.05, 0) is 12.1 Å². The maximum Gasteiger partial charge on any atom is 0.355 e. The molecule has 2 aromatic rings. The van der Waals surface area contributed by atoms with Gasteiger partial charge in [-0.2, -0.15) is 10.5 Å². The quantitative estimate of drug-likeness (QED) is 0.402. The van der Waals surface area contributed by atoms with Crippen molar-refractivity contribution in [1.82, 2.24) is 20.4 Å². The maximum atomic E-state index is 12.0. The van der Waals surface area contributed by atoms with E-state index >= 15 is 0 Å². The van der Waals surface area contributed by atoms with Gasteiger partial charge >= 0.3 is 5.69 Å². The fourth-order valence-corrected chi connectivity index (χ4v) is 1.93. The summed E-state index contributed by atoms with van der Waals surface area (Å²) in [5.41, 5.74) is 4.35. The van der Waals surface area contributed by atoms with Crippen molar-refractivity contribution >= 4 is 23.2 Å². The van der Waals surface area contributed by atoms with Crippen molar-refractivity contribution in [2.45, 2.75) is 0 Å². The Morgan fingerprint density at radius 2 is 1.88 bits per heavy atom. The molecule has 0 spiro atoms. The monoisotopic (exact) mass is 353 g/mol. The molecular weight excluding hydrogens is 342 g/mol. The van der Waals surface area contributed by atoms with Crippen LogP contribution in [0.15, 0.2) is 30.9 Å². The van der Waals surface area contributed by atoms with Crippen molar-refractivity contribution in [2.24, 2.45) is 0 Å². The summed E-state index contributed by atoms with van der Waals surface area (Å²) in [4.78, 5) is 35.1. The van der Waals surface area contributed by atoms with Crippen LogP contribution in [-0.2, 0) is 0 Å². The van der Waals surface area contributed by atoms with Gasteiger partial charge in [0.15, 0.2) is 0 Å². The lowest BCUT2D eigenvalue weighted by atomic mass is 10.3. The second-order valence-corrected chi connectivity index (χ2v) is 4.64. The molecule has 0 fully saturated rings. The van der Waals surface area contributed by atoms with Crippen LogP contribution in [0.25, 0.3) is 0 Å². The van der Waals surface area contributed by atoms with Crippen LogP contribution in [0.4, 0.5) is 17.3 Å². The molecule has 0 saturated heterocycles. The molecule has 2 N–H and O–H groups in total. The Labute approximate surface area is 146 Å². The fraction of sp³-hybridized carbons (Fsp3) is 0.143. The van der Waals surface area contributed by atoms with Gasteiger partial charge in [0.2, 0.25) is 11.6 Å². The summed E-state index contributed by atoms with van der Waals surface area (Å²) in [5, 5.41) is 29.1. The van der Waals surface area contributed by atoms with Gasteiger partial charge in [0.25, 0.3) is 5.91 Å². The number of hydrogen-bond acceptors (Lipinski definition) is 10. The predicted octanol–water partition coefficient (Wildman–Crippen LogP) is 0.390. The molecule has 0 radical (unpaired) electrons. The first-order chi connectivity index (χ1) is 12.6. The molecule has 1 amide bonds. The van der Waals surface area contributed by atoms with E-state index in [1.54, 1.807) is 12.1 Å². The highest BCUT2D eigenvalue weighted by Crippen LogP contribution is 2.31. The van der Waals surface area contributed by atoms with E-state index in [0.29, 0.717) is 0 Å². The van der Waals surface area contributed by atoms with Crippen LogP contribution in [0, 0.1) is 32.8 Å². The average Bonchev–Trinajstić information content (AvgIpc) is 2.66. The van der Waals surface area contributed by atoms with Crippen LogP contribution in [0.3, 0.4) is 0 Å². The number of nitrogens with zero attached hydrogens (tertiary/aromatic N) is 7. The maximum absolute atomic E-state index is 12.0. The number of hydrogen-bond donors (Lipinski definition) is 2. The third-order valence-electron chi connectivity index (χ3n) is 3.05. The van der Waals surface area contributed by atoms with Crippen LogP contribution in [-0.4, -0.2) is 38.9 Å². The van der Waals surface area contributed by atoms with E-state index in [-0.39, 0.29) is 30.3 Å². The lowest BCUT2D eigenvalue weighted by Gasteiger charge is -2.17. The predicted molar refractivity (Wildman–Crippen MR) is 87.5 cm³/mol. The van der Waals surface area contributed by atoms with Crippen LogP contribution in [0.5, 0.6) is 0 Å². The first-order valence-corrected chi connectivity index (χ1v) is 7.03. The zero-order valence-electron chi connectivity index (χ0n) is 13.2. The molecule has 0 aliphatic carbocycles. The summed E-state index contributed by atoms with van der Waals surface area (Å²) in [6.07, 6.45) is 3.86. The number of nitro groups is 1. The molecule has 2 rings (SSSR count). The first kappa shape index (κ1) is 18.0. The van der Waals surface area contributed by atoms with Gasteiger partial charge in [0, 0.05) is 18.0 Å². The molecule has 0 aliphatic rings. The van der Waals surface area contributed by atoms with Crippen LogP contribution in [0.2, 0.25) is 0 Å². The van der Waals surface area contributed by atoms with Gasteiger partial charge in [0.1, 0.15) is 19.4 Å². The SMILES string of the molecule is N#CCN(CC#N)c1ncnc(NNC(=O)c2ccncc2)c1[N+](=O)[O-]. The Kier molecular flexibility index (Phi) is 5.90. The smallest absolute Gasteiger partial charge is 0.324 e. The number of aromatic nitrogens is 3. The van der Waals surface area contributed by atoms with Gasteiger partial charge in [-0.3, -0.25) is 30.7 Å². The van der Waals surface area contributed by atoms with Gasteiger partial charge in [-0.1, -0.05) is 0 Å². The van der Waals surface area contributed by atoms with Crippen molar-refractivity contribution in [1.29, 1.82) is 10.5 Å². The highest BCUT2D eigenvalue weighted by Gasteiger charge is 2.27. The van der Waals surface area contributed by atoms with E-state index < -0.39 is 16.5 Å². The van der Waals surface area contributed by atoms with Crippen molar-refractivity contribution < 1.29 is 9.72 Å². The van der Waals surface area contributed by atoms with Crippen molar-refractivity contribution in [3.63, 3.8) is 0 Å². The Bertz CT molecular complexity index is 873. The number of rotatable bonds is 7. The molecule has 0 unspecified atom stereocenters. The lowest BCUT2D eigenvalue weighted by molar-refractivity contribution is -0.383. The minimum atomic E-state index is -0.766. The molecule has 0 aromatic carbocycles. The normalized spacial score (nSPS) is 9.46. The Morgan fingerprint density at radius 3 is 2.46 bits per heavy atom. The number of carbonyl (C=O) groups excluding carboxylic acids is 1. The lowest BCUT2D eigenvalue weighted by Crippen LogP contribution is -2.31. The summed E-state index contributed by atoms with van der Waals surface area (Å²) in [6.45, 7) is -0.567. The minimum Gasteiger partial charge on any atom is -0.324 e. The summed E-state index contributed by atoms with van der Waals surface area (Å²) < 4.78 is 0. The summed E-state index contributed by atoms with van der Waals surface area (Å²) in [6, 6.07) is 6.52. The van der Waals surface area contributed by atoms with Gasteiger partial charge < -0.3 is 4.90 Å². The molecule has 2 heterocycles. The number of hydrazine groups is 1. The number of nitriles is 2. The third-order valence-corrected chi connectivity index (χ3v) is 3.05. The van der Waals surface area contributed by atoms with Crippen molar-refractivity contribution in [2.75, 3.05) is 23.4 Å². The Morgan fingerprint density at radius 1 is 1.23 bits per heavy atom. The van der Waals surface area contributed by atoms with E-state index in [1.165, 1.54) is 24.5 Å². The number of nitrogens with one attached hydrogen (secondary N) is 2. The summed E-state index contributed by atoms with van der Waals surface area (Å²) in [5.74, 6) is -1.06. The van der Waals surface area contributed by atoms with E-state index in [0.717, 1.165) is 11.2 Å². The van der Waals surface area contributed by atoms with E-state index in [2.05, 4.69) is 25.8 Å². The standard InChI is InChI=1S/C14H11N9O3/c15-3-7-22(8-4-16)13-11(23(25)26)12(18-9-19-13)20-21-14(24)10-1-5-17-6-2-10/h1-2,5-6,9H,7-8H2,(H,21,24)(H,18,19,20). The fourth-order valence-electron chi connectivity index (χ4n) is 1.93. The third kappa shape index (κ3) is 4.15. The number of carbonyl (C=O) groups is 1. The highest BCUT2D eigenvalue weighted by atomic mass is 16.6. The molecule has 12 nitrogen and oxygen atoms in total. The molecule has 26 heavy (non-hydrogen) atoms. The summed E-state index contributed by atoms with van der Waals surface area (Å²) in [7, 11) is 0. The number of amides is 1. The topological polar surface area (TPSA) is 174 Å². The first-order valence-electron chi connectivity index (χ1n) is 7.03. The van der Waals surface area contributed by atoms with E-state index in [9.17, 15) is 14.9 Å². The van der Waals surface area contributed by atoms with Crippen LogP contribution in [0.1, 0.15) is 10.4 Å². The minimum absolute atomic E-state index is 0.214. The molecule has 2 aromatic heterocycles. The Hall–Kier alpha value is -4.32. The number of anilines is 2. The van der Waals surface area contributed by atoms with Gasteiger partial charge in [-0.15, -0.1) is 0 Å². The van der Waals surface area contributed by atoms with Gasteiger partial charge in [0.05, 0.1) is 17.1 Å². The van der Waals surface area contributed by atoms with Crippen LogP contribution >= 0.6 is 0 Å². The molecule has 12 heteroatoms. The second kappa shape index (κ2) is 8.51. The van der Waals surface area contributed by atoms with Crippen LogP contribution < -0.4 is 15.8 Å². The largest absolute Gasteiger partial charge is 0.355 e. The highest BCUT2D eigenvalue weighted by molar-refractivity contribution is 5.94. The molecule has 130 valence electrons. The number of pyridine rings is 1. The molecule has 0 saturated carbocycles. The van der Waals surface area contributed by atoms with E-state index in [4.69, 9.17) is 10.5 Å². The van der Waals surface area contributed by atoms with Gasteiger partial charge in [-0.25, -0.2) is 9.97 Å². The molecule has 0 aliphatic heterocycles. The average molecular weight is 353 g/mol. The Balaban J connectivity index is 2.30. The molecular formula is C14H11N9O3. The zero-order chi connectivity index (χ0) is 18.9. The summed E-state index contributed by atoms with van der Waals surface area (Å²) >= 11 is 0. The van der Waals surface area contributed by atoms with E-state index in [1.807, 2.05) is 0 Å². The molecule has 0 bridgehead atoms. The molecule has 0 atom stereocenters. The second-order valence-electron chi connectivity index (χ2n) is 4.64. The zero-order valence-corrected chi connectivity index (χ0v) is 13.2.